The first-order valence-corrected chi connectivity index (χ1v) is 8.71. The summed E-state index contributed by atoms with van der Waals surface area (Å²) in [7, 11) is 0. The van der Waals surface area contributed by atoms with Gasteiger partial charge >= 0.3 is 0 Å². The van der Waals surface area contributed by atoms with E-state index >= 15 is 0 Å². The number of carbonyl (C=O) groups excluding carboxylic acids is 2. The maximum Gasteiger partial charge on any atom is 0.229 e. The zero-order valence-corrected chi connectivity index (χ0v) is 14.2. The van der Waals surface area contributed by atoms with E-state index in [0.29, 0.717) is 25.1 Å². The van der Waals surface area contributed by atoms with Gasteiger partial charge in [-0.05, 0) is 24.6 Å². The quantitative estimate of drug-likeness (QED) is 0.883. The van der Waals surface area contributed by atoms with Crippen LogP contribution in [0.25, 0.3) is 0 Å². The van der Waals surface area contributed by atoms with Gasteiger partial charge in [-0.15, -0.1) is 11.3 Å². The molecule has 1 fully saturated rings. The van der Waals surface area contributed by atoms with E-state index in [0.717, 1.165) is 4.88 Å². The van der Waals surface area contributed by atoms with E-state index in [9.17, 15) is 14.0 Å². The van der Waals surface area contributed by atoms with Crippen LogP contribution in [-0.4, -0.2) is 29.4 Å². The predicted molar refractivity (Wildman–Crippen MR) is 90.7 cm³/mol. The second kappa shape index (κ2) is 7.27. The number of thiazole rings is 1. The molecule has 0 spiro atoms. The van der Waals surface area contributed by atoms with Crippen LogP contribution in [0, 0.1) is 5.82 Å². The van der Waals surface area contributed by atoms with E-state index < -0.39 is 5.82 Å². The monoisotopic (exact) mass is 367 g/mol. The third kappa shape index (κ3) is 3.91. The highest BCUT2D eigenvalue weighted by molar-refractivity contribution is 7.09. The number of nitrogens with one attached hydrogen (secondary N) is 1. The van der Waals surface area contributed by atoms with Crippen molar-refractivity contribution in [3.63, 3.8) is 0 Å². The van der Waals surface area contributed by atoms with Gasteiger partial charge in [-0.3, -0.25) is 14.6 Å². The van der Waals surface area contributed by atoms with Crippen molar-refractivity contribution in [2.75, 3.05) is 11.4 Å². The Bertz CT molecular complexity index is 754. The SMILES string of the molecule is O=C(CCc1cncs1)NC1CC(=O)N(c2ccc(Cl)c(F)c2)C1. The fourth-order valence-electron chi connectivity index (χ4n) is 2.61. The minimum atomic E-state index is -0.570. The molecule has 0 saturated carbocycles. The van der Waals surface area contributed by atoms with Crippen molar-refractivity contribution in [1.29, 1.82) is 0 Å². The topological polar surface area (TPSA) is 62.3 Å². The van der Waals surface area contributed by atoms with Gasteiger partial charge in [0.2, 0.25) is 11.8 Å². The molecular formula is C16H15ClFN3O2S. The molecule has 1 unspecified atom stereocenters. The Morgan fingerprint density at radius 1 is 1.50 bits per heavy atom. The van der Waals surface area contributed by atoms with Crippen LogP contribution in [0.2, 0.25) is 5.02 Å². The largest absolute Gasteiger partial charge is 0.351 e. The predicted octanol–water partition coefficient (Wildman–Crippen LogP) is 2.79. The highest BCUT2D eigenvalue weighted by atomic mass is 35.5. The summed E-state index contributed by atoms with van der Waals surface area (Å²) in [4.78, 5) is 30.6. The molecule has 1 atom stereocenters. The van der Waals surface area contributed by atoms with Crippen molar-refractivity contribution in [2.24, 2.45) is 0 Å². The van der Waals surface area contributed by atoms with Gasteiger partial charge in [0.25, 0.3) is 0 Å². The van der Waals surface area contributed by atoms with Crippen molar-refractivity contribution in [1.82, 2.24) is 10.3 Å². The number of aryl methyl sites for hydroxylation is 1. The summed E-state index contributed by atoms with van der Waals surface area (Å²) < 4.78 is 13.6. The molecule has 1 N–H and O–H groups in total. The third-order valence-corrected chi connectivity index (χ3v) is 4.93. The number of rotatable bonds is 5. The summed E-state index contributed by atoms with van der Waals surface area (Å²) in [6.45, 7) is 0.326. The van der Waals surface area contributed by atoms with Crippen LogP contribution >= 0.6 is 22.9 Å². The maximum absolute atomic E-state index is 13.6. The Morgan fingerprint density at radius 2 is 2.33 bits per heavy atom. The molecule has 1 aromatic heterocycles. The van der Waals surface area contributed by atoms with E-state index in [2.05, 4.69) is 10.3 Å². The number of hydrogen-bond acceptors (Lipinski definition) is 4. The first kappa shape index (κ1) is 16.9. The standard InChI is InChI=1S/C16H15ClFN3O2S/c17-13-3-1-11(6-14(13)18)21-8-10(5-16(21)23)20-15(22)4-2-12-7-19-9-24-12/h1,3,6-7,9-10H,2,4-5,8H2,(H,20,22). The van der Waals surface area contributed by atoms with Crippen molar-refractivity contribution >= 4 is 40.4 Å². The molecule has 1 aliphatic heterocycles. The summed E-state index contributed by atoms with van der Waals surface area (Å²) in [5.74, 6) is -0.825. The number of carbonyl (C=O) groups is 2. The second-order valence-corrected chi connectivity index (χ2v) is 6.92. The lowest BCUT2D eigenvalue weighted by Gasteiger charge is -2.17. The zero-order valence-electron chi connectivity index (χ0n) is 12.7. The maximum atomic E-state index is 13.6. The molecule has 24 heavy (non-hydrogen) atoms. The smallest absolute Gasteiger partial charge is 0.229 e. The summed E-state index contributed by atoms with van der Waals surface area (Å²) in [6.07, 6.45) is 2.93. The van der Waals surface area contributed by atoms with Crippen molar-refractivity contribution in [2.45, 2.75) is 25.3 Å². The molecule has 0 aliphatic carbocycles. The van der Waals surface area contributed by atoms with E-state index in [1.54, 1.807) is 17.8 Å². The number of benzene rings is 1. The minimum absolute atomic E-state index is 0.0123. The molecule has 0 bridgehead atoms. The molecule has 1 aromatic carbocycles. The Labute approximate surface area is 147 Å². The summed E-state index contributed by atoms with van der Waals surface area (Å²) >= 11 is 7.17. The van der Waals surface area contributed by atoms with Gasteiger partial charge in [-0.1, -0.05) is 11.6 Å². The molecular weight excluding hydrogens is 353 g/mol. The van der Waals surface area contributed by atoms with Crippen LogP contribution in [0.1, 0.15) is 17.7 Å². The molecule has 126 valence electrons. The van der Waals surface area contributed by atoms with Crippen LogP contribution in [0.4, 0.5) is 10.1 Å². The van der Waals surface area contributed by atoms with Crippen LogP contribution < -0.4 is 10.2 Å². The molecule has 0 radical (unpaired) electrons. The van der Waals surface area contributed by atoms with Crippen molar-refractivity contribution in [3.8, 4) is 0 Å². The Hall–Kier alpha value is -1.99. The Balaban J connectivity index is 1.56. The summed E-state index contributed by atoms with van der Waals surface area (Å²) in [5.41, 5.74) is 2.18. The number of halogens is 2. The third-order valence-electron chi connectivity index (χ3n) is 3.79. The van der Waals surface area contributed by atoms with E-state index in [1.807, 2.05) is 0 Å². The van der Waals surface area contributed by atoms with E-state index in [-0.39, 0.29) is 29.3 Å². The normalized spacial score (nSPS) is 17.3. The summed E-state index contributed by atoms with van der Waals surface area (Å²) in [6, 6.07) is 3.97. The van der Waals surface area contributed by atoms with Crippen LogP contribution in [0.5, 0.6) is 0 Å². The highest BCUT2D eigenvalue weighted by Gasteiger charge is 2.31. The first-order valence-electron chi connectivity index (χ1n) is 7.45. The van der Waals surface area contributed by atoms with Gasteiger partial charge in [0.05, 0.1) is 16.6 Å². The first-order chi connectivity index (χ1) is 11.5. The average Bonchev–Trinajstić information content (AvgIpc) is 3.18. The van der Waals surface area contributed by atoms with Gasteiger partial charge in [0.1, 0.15) is 5.82 Å². The molecule has 3 rings (SSSR count). The highest BCUT2D eigenvalue weighted by Crippen LogP contribution is 2.25. The van der Waals surface area contributed by atoms with Gasteiger partial charge in [-0.25, -0.2) is 4.39 Å². The lowest BCUT2D eigenvalue weighted by atomic mass is 10.2. The lowest BCUT2D eigenvalue weighted by Crippen LogP contribution is -2.37. The molecule has 5 nitrogen and oxygen atoms in total. The second-order valence-electron chi connectivity index (χ2n) is 5.54. The number of aromatic nitrogens is 1. The minimum Gasteiger partial charge on any atom is -0.351 e. The number of nitrogens with zero attached hydrogens (tertiary/aromatic N) is 2. The molecule has 2 aromatic rings. The number of hydrogen-bond donors (Lipinski definition) is 1. The Kier molecular flexibility index (Phi) is 5.11. The number of anilines is 1. The fourth-order valence-corrected chi connectivity index (χ4v) is 3.33. The molecule has 1 aliphatic rings. The van der Waals surface area contributed by atoms with Crippen molar-refractivity contribution < 1.29 is 14.0 Å². The number of amides is 2. The lowest BCUT2D eigenvalue weighted by molar-refractivity contribution is -0.121. The van der Waals surface area contributed by atoms with Gasteiger partial charge in [-0.2, -0.15) is 0 Å². The summed E-state index contributed by atoms with van der Waals surface area (Å²) in [5, 5.41) is 2.87. The van der Waals surface area contributed by atoms with Crippen LogP contribution in [0.3, 0.4) is 0 Å². The van der Waals surface area contributed by atoms with E-state index in [1.165, 1.54) is 28.4 Å². The zero-order chi connectivity index (χ0) is 17.1. The molecule has 2 amide bonds. The van der Waals surface area contributed by atoms with E-state index in [4.69, 9.17) is 11.6 Å². The average molecular weight is 368 g/mol. The van der Waals surface area contributed by atoms with Gasteiger partial charge in [0.15, 0.2) is 0 Å². The fraction of sp³-hybridized carbons (Fsp3) is 0.312. The molecule has 1 saturated heterocycles. The molecule has 8 heteroatoms. The van der Waals surface area contributed by atoms with Crippen LogP contribution in [0.15, 0.2) is 29.9 Å². The molecule has 2 heterocycles. The van der Waals surface area contributed by atoms with Crippen molar-refractivity contribution in [3.05, 3.63) is 45.6 Å². The van der Waals surface area contributed by atoms with Gasteiger partial charge < -0.3 is 10.2 Å². The van der Waals surface area contributed by atoms with Crippen LogP contribution in [-0.2, 0) is 16.0 Å². The van der Waals surface area contributed by atoms with Gasteiger partial charge in [0, 0.05) is 36.1 Å². The Morgan fingerprint density at radius 3 is 3.04 bits per heavy atom.